The summed E-state index contributed by atoms with van der Waals surface area (Å²) in [6.45, 7) is -0.428. The zero-order valence-electron chi connectivity index (χ0n) is 14.6. The number of aliphatic carboxylic acids is 1. The summed E-state index contributed by atoms with van der Waals surface area (Å²) in [5, 5.41) is 12.0. The lowest BCUT2D eigenvalue weighted by molar-refractivity contribution is -0.139. The Hall–Kier alpha value is -2.82. The molecule has 2 N–H and O–H groups in total. The molecule has 0 atom stereocenters. The molecule has 0 radical (unpaired) electrons. The summed E-state index contributed by atoms with van der Waals surface area (Å²) in [6, 6.07) is 16.9. The molecule has 0 aromatic heterocycles. The number of ether oxygens (including phenoxy) is 1. The van der Waals surface area contributed by atoms with E-state index >= 15 is 0 Å². The SMILES string of the molecule is O=C(O)COc1cccc(C(=O)NC2(Cc3ccccc3)CCCC2)c1. The fourth-order valence-electron chi connectivity index (χ4n) is 3.57. The van der Waals surface area contributed by atoms with Gasteiger partial charge in [0.15, 0.2) is 6.61 Å². The molecule has 136 valence electrons. The maximum Gasteiger partial charge on any atom is 0.341 e. The molecule has 5 heteroatoms. The summed E-state index contributed by atoms with van der Waals surface area (Å²) in [4.78, 5) is 23.4. The van der Waals surface area contributed by atoms with E-state index in [-0.39, 0.29) is 11.4 Å². The third kappa shape index (κ3) is 4.63. The molecule has 0 bridgehead atoms. The van der Waals surface area contributed by atoms with Crippen LogP contribution in [0, 0.1) is 0 Å². The van der Waals surface area contributed by atoms with Crippen molar-refractivity contribution in [2.24, 2.45) is 0 Å². The van der Waals surface area contributed by atoms with Gasteiger partial charge in [0.25, 0.3) is 5.91 Å². The predicted octanol–water partition coefficient (Wildman–Crippen LogP) is 3.44. The zero-order chi connectivity index (χ0) is 18.4. The number of carboxylic acids is 1. The highest BCUT2D eigenvalue weighted by atomic mass is 16.5. The minimum Gasteiger partial charge on any atom is -0.482 e. The lowest BCUT2D eigenvalue weighted by Crippen LogP contribution is -2.48. The molecule has 0 heterocycles. The monoisotopic (exact) mass is 353 g/mol. The molecule has 1 aliphatic rings. The maximum absolute atomic E-state index is 12.8. The van der Waals surface area contributed by atoms with Gasteiger partial charge in [-0.05, 0) is 43.0 Å². The molecule has 5 nitrogen and oxygen atoms in total. The highest BCUT2D eigenvalue weighted by Crippen LogP contribution is 2.33. The van der Waals surface area contributed by atoms with Gasteiger partial charge in [-0.25, -0.2) is 4.79 Å². The van der Waals surface area contributed by atoms with Crippen LogP contribution in [0.25, 0.3) is 0 Å². The van der Waals surface area contributed by atoms with Crippen molar-refractivity contribution in [3.05, 3.63) is 65.7 Å². The van der Waals surface area contributed by atoms with Crippen molar-refractivity contribution in [3.63, 3.8) is 0 Å². The van der Waals surface area contributed by atoms with Crippen LogP contribution in [0.15, 0.2) is 54.6 Å². The van der Waals surface area contributed by atoms with Crippen molar-refractivity contribution in [2.75, 3.05) is 6.61 Å². The average Bonchev–Trinajstić information content (AvgIpc) is 3.09. The Bertz CT molecular complexity index is 767. The van der Waals surface area contributed by atoms with Gasteiger partial charge in [0.1, 0.15) is 5.75 Å². The van der Waals surface area contributed by atoms with E-state index in [1.54, 1.807) is 24.3 Å². The fourth-order valence-corrected chi connectivity index (χ4v) is 3.57. The smallest absolute Gasteiger partial charge is 0.341 e. The molecule has 1 aliphatic carbocycles. The molecule has 1 amide bonds. The Morgan fingerprint density at radius 3 is 2.46 bits per heavy atom. The minimum atomic E-state index is -1.05. The van der Waals surface area contributed by atoms with Crippen LogP contribution in [0.2, 0.25) is 0 Å². The van der Waals surface area contributed by atoms with Crippen LogP contribution in [-0.4, -0.2) is 29.1 Å². The van der Waals surface area contributed by atoms with Crippen LogP contribution in [-0.2, 0) is 11.2 Å². The van der Waals surface area contributed by atoms with E-state index < -0.39 is 12.6 Å². The Morgan fingerprint density at radius 2 is 1.77 bits per heavy atom. The van der Waals surface area contributed by atoms with E-state index in [1.165, 1.54) is 5.56 Å². The van der Waals surface area contributed by atoms with Crippen LogP contribution >= 0.6 is 0 Å². The number of hydrogen-bond acceptors (Lipinski definition) is 3. The molecular weight excluding hydrogens is 330 g/mol. The van der Waals surface area contributed by atoms with Gasteiger partial charge in [0.05, 0.1) is 0 Å². The topological polar surface area (TPSA) is 75.6 Å². The zero-order valence-corrected chi connectivity index (χ0v) is 14.6. The number of nitrogens with one attached hydrogen (secondary N) is 1. The van der Waals surface area contributed by atoms with Gasteiger partial charge in [0.2, 0.25) is 0 Å². The van der Waals surface area contributed by atoms with Gasteiger partial charge >= 0.3 is 5.97 Å². The number of benzene rings is 2. The summed E-state index contributed by atoms with van der Waals surface area (Å²) in [5.41, 5.74) is 1.47. The first-order chi connectivity index (χ1) is 12.6. The number of rotatable bonds is 7. The predicted molar refractivity (Wildman–Crippen MR) is 98.4 cm³/mol. The third-order valence-electron chi connectivity index (χ3n) is 4.78. The molecule has 0 spiro atoms. The summed E-state index contributed by atoms with van der Waals surface area (Å²) < 4.78 is 5.17. The lowest BCUT2D eigenvalue weighted by Gasteiger charge is -2.31. The number of hydrogen-bond donors (Lipinski definition) is 2. The molecule has 26 heavy (non-hydrogen) atoms. The van der Waals surface area contributed by atoms with Gasteiger partial charge in [-0.15, -0.1) is 0 Å². The van der Waals surface area contributed by atoms with Crippen LogP contribution in [0.4, 0.5) is 0 Å². The van der Waals surface area contributed by atoms with E-state index in [9.17, 15) is 9.59 Å². The van der Waals surface area contributed by atoms with Crippen molar-refractivity contribution >= 4 is 11.9 Å². The summed E-state index contributed by atoms with van der Waals surface area (Å²) in [6.07, 6.45) is 4.95. The number of carboxylic acid groups (broad SMARTS) is 1. The molecule has 2 aromatic rings. The molecule has 0 aliphatic heterocycles. The molecule has 3 rings (SSSR count). The summed E-state index contributed by atoms with van der Waals surface area (Å²) in [5.74, 6) is -0.820. The van der Waals surface area contributed by atoms with Gasteiger partial charge in [-0.2, -0.15) is 0 Å². The second-order valence-corrected chi connectivity index (χ2v) is 6.81. The number of carbonyl (C=O) groups is 2. The van der Waals surface area contributed by atoms with Crippen molar-refractivity contribution < 1.29 is 19.4 Å². The van der Waals surface area contributed by atoms with Gasteiger partial charge < -0.3 is 15.2 Å². The molecular formula is C21H23NO4. The number of amides is 1. The average molecular weight is 353 g/mol. The quantitative estimate of drug-likeness (QED) is 0.799. The molecule has 1 fully saturated rings. The third-order valence-corrected chi connectivity index (χ3v) is 4.78. The molecule has 0 saturated heterocycles. The van der Waals surface area contributed by atoms with Crippen molar-refractivity contribution in [2.45, 2.75) is 37.6 Å². The molecule has 0 unspecified atom stereocenters. The van der Waals surface area contributed by atoms with E-state index in [0.717, 1.165) is 32.1 Å². The first-order valence-electron chi connectivity index (χ1n) is 8.87. The van der Waals surface area contributed by atoms with E-state index in [4.69, 9.17) is 9.84 Å². The van der Waals surface area contributed by atoms with Crippen LogP contribution in [0.3, 0.4) is 0 Å². The van der Waals surface area contributed by atoms with Crippen LogP contribution in [0.5, 0.6) is 5.75 Å². The maximum atomic E-state index is 12.8. The Labute approximate surface area is 153 Å². The van der Waals surface area contributed by atoms with E-state index in [2.05, 4.69) is 17.4 Å². The first kappa shape index (κ1) is 18.0. The number of carbonyl (C=O) groups excluding carboxylic acids is 1. The first-order valence-corrected chi connectivity index (χ1v) is 8.87. The minimum absolute atomic E-state index is 0.149. The molecule has 2 aromatic carbocycles. The second kappa shape index (κ2) is 8.04. The fraction of sp³-hybridized carbons (Fsp3) is 0.333. The van der Waals surface area contributed by atoms with Crippen LogP contribution in [0.1, 0.15) is 41.6 Å². The van der Waals surface area contributed by atoms with Crippen molar-refractivity contribution in [1.29, 1.82) is 0 Å². The van der Waals surface area contributed by atoms with E-state index in [1.807, 2.05) is 18.2 Å². The Kier molecular flexibility index (Phi) is 5.56. The van der Waals surface area contributed by atoms with Gasteiger partial charge in [-0.3, -0.25) is 4.79 Å². The summed E-state index contributed by atoms with van der Waals surface area (Å²) >= 11 is 0. The lowest BCUT2D eigenvalue weighted by atomic mass is 9.88. The van der Waals surface area contributed by atoms with E-state index in [0.29, 0.717) is 11.3 Å². The highest BCUT2D eigenvalue weighted by molar-refractivity contribution is 5.95. The summed E-state index contributed by atoms with van der Waals surface area (Å²) in [7, 11) is 0. The molecule has 1 saturated carbocycles. The highest BCUT2D eigenvalue weighted by Gasteiger charge is 2.35. The normalized spacial score (nSPS) is 15.4. The Morgan fingerprint density at radius 1 is 1.04 bits per heavy atom. The van der Waals surface area contributed by atoms with Crippen LogP contribution < -0.4 is 10.1 Å². The van der Waals surface area contributed by atoms with Crippen molar-refractivity contribution in [1.82, 2.24) is 5.32 Å². The van der Waals surface area contributed by atoms with Gasteiger partial charge in [0, 0.05) is 11.1 Å². The standard InChI is InChI=1S/C21H23NO4/c23-19(24)15-26-18-10-6-9-17(13-18)20(25)22-21(11-4-5-12-21)14-16-7-2-1-3-8-16/h1-3,6-10,13H,4-5,11-12,14-15H2,(H,22,25)(H,23,24). The second-order valence-electron chi connectivity index (χ2n) is 6.81. The van der Waals surface area contributed by atoms with Crippen molar-refractivity contribution in [3.8, 4) is 5.75 Å². The Balaban J connectivity index is 1.72. The van der Waals surface area contributed by atoms with Gasteiger partial charge in [-0.1, -0.05) is 49.2 Å². The largest absolute Gasteiger partial charge is 0.482 e.